The number of carbonyl (C=O) groups excluding carboxylic acids is 2. The summed E-state index contributed by atoms with van der Waals surface area (Å²) >= 11 is 0. The Labute approximate surface area is 166 Å². The first-order valence-corrected chi connectivity index (χ1v) is 9.02. The first-order valence-electron chi connectivity index (χ1n) is 9.02. The van der Waals surface area contributed by atoms with Crippen LogP contribution < -0.4 is 0 Å². The quantitative estimate of drug-likeness (QED) is 0.474. The molecule has 0 radical (unpaired) electrons. The van der Waals surface area contributed by atoms with Gasteiger partial charge in [0, 0.05) is 25.2 Å². The fourth-order valence-corrected chi connectivity index (χ4v) is 2.93. The predicted octanol–water partition coefficient (Wildman–Crippen LogP) is 4.18. The van der Waals surface area contributed by atoms with Gasteiger partial charge in [0.05, 0.1) is 12.7 Å². The molecule has 1 aliphatic rings. The van der Waals surface area contributed by atoms with E-state index in [0.717, 1.165) is 5.57 Å². The van der Waals surface area contributed by atoms with Crippen LogP contribution in [0.3, 0.4) is 0 Å². The van der Waals surface area contributed by atoms with E-state index >= 15 is 0 Å². The molecular formula is C23H26O5. The Morgan fingerprint density at radius 2 is 1.93 bits per heavy atom. The van der Waals surface area contributed by atoms with Gasteiger partial charge in [0.1, 0.15) is 18.0 Å². The van der Waals surface area contributed by atoms with Crippen LogP contribution in [0.25, 0.3) is 0 Å². The Morgan fingerprint density at radius 3 is 2.54 bits per heavy atom. The summed E-state index contributed by atoms with van der Waals surface area (Å²) in [6, 6.07) is 8.84. The predicted molar refractivity (Wildman–Crippen MR) is 108 cm³/mol. The number of carbonyl (C=O) groups is 2. The van der Waals surface area contributed by atoms with Gasteiger partial charge in [-0.05, 0) is 37.1 Å². The number of ether oxygens (including phenoxy) is 3. The van der Waals surface area contributed by atoms with Crippen LogP contribution in [0, 0.1) is 0 Å². The number of rotatable bonds is 9. The summed E-state index contributed by atoms with van der Waals surface area (Å²) in [5.74, 6) is -0.0382. The van der Waals surface area contributed by atoms with Crippen LogP contribution in [0.1, 0.15) is 30.1 Å². The second-order valence-corrected chi connectivity index (χ2v) is 6.53. The van der Waals surface area contributed by atoms with Crippen molar-refractivity contribution in [2.24, 2.45) is 0 Å². The first kappa shape index (κ1) is 21.4. The van der Waals surface area contributed by atoms with Crippen molar-refractivity contribution in [3.63, 3.8) is 0 Å². The van der Waals surface area contributed by atoms with Crippen molar-refractivity contribution in [3.8, 4) is 0 Å². The van der Waals surface area contributed by atoms with Gasteiger partial charge < -0.3 is 14.2 Å². The summed E-state index contributed by atoms with van der Waals surface area (Å²) in [4.78, 5) is 24.3. The minimum atomic E-state index is -0.883. The highest BCUT2D eigenvalue weighted by Gasteiger charge is 2.37. The summed E-state index contributed by atoms with van der Waals surface area (Å²) in [6.45, 7) is 5.74. The molecule has 148 valence electrons. The van der Waals surface area contributed by atoms with Gasteiger partial charge in [0.15, 0.2) is 5.78 Å². The largest absolute Gasteiger partial charge is 0.498 e. The highest BCUT2D eigenvalue weighted by Crippen LogP contribution is 2.34. The molecule has 0 N–H and O–H groups in total. The summed E-state index contributed by atoms with van der Waals surface area (Å²) in [5, 5.41) is 0. The second kappa shape index (κ2) is 9.85. The Hall–Kier alpha value is -2.92. The molecule has 0 amide bonds. The maximum absolute atomic E-state index is 12.2. The van der Waals surface area contributed by atoms with Crippen LogP contribution in [0.15, 0.2) is 78.1 Å². The van der Waals surface area contributed by atoms with Gasteiger partial charge in [-0.15, -0.1) is 6.58 Å². The summed E-state index contributed by atoms with van der Waals surface area (Å²) in [7, 11) is 3.08. The molecule has 0 spiro atoms. The molecule has 0 aliphatic heterocycles. The van der Waals surface area contributed by atoms with E-state index in [0.29, 0.717) is 29.7 Å². The van der Waals surface area contributed by atoms with Gasteiger partial charge in [-0.3, -0.25) is 4.79 Å². The van der Waals surface area contributed by atoms with Gasteiger partial charge in [-0.1, -0.05) is 30.4 Å². The maximum atomic E-state index is 12.2. The van der Waals surface area contributed by atoms with Crippen molar-refractivity contribution < 1.29 is 23.8 Å². The molecule has 1 aliphatic carbocycles. The van der Waals surface area contributed by atoms with E-state index in [4.69, 9.17) is 14.2 Å². The normalized spacial score (nSPS) is 19.5. The lowest BCUT2D eigenvalue weighted by molar-refractivity contribution is -0.112. The van der Waals surface area contributed by atoms with E-state index in [-0.39, 0.29) is 18.4 Å². The zero-order chi connectivity index (χ0) is 20.6. The van der Waals surface area contributed by atoms with Gasteiger partial charge in [0.25, 0.3) is 0 Å². The minimum absolute atomic E-state index is 0.109. The molecule has 0 fully saturated rings. The van der Waals surface area contributed by atoms with E-state index in [1.54, 1.807) is 43.5 Å². The molecule has 5 heteroatoms. The molecule has 1 atom stereocenters. The third-order valence-electron chi connectivity index (χ3n) is 4.55. The molecule has 0 saturated heterocycles. The Bertz CT molecular complexity index is 817. The molecule has 0 unspecified atom stereocenters. The molecule has 0 aromatic heterocycles. The number of hydrogen-bond acceptors (Lipinski definition) is 5. The topological polar surface area (TPSA) is 61.8 Å². The molecule has 0 heterocycles. The lowest BCUT2D eigenvalue weighted by atomic mass is 9.85. The van der Waals surface area contributed by atoms with Crippen molar-refractivity contribution >= 4 is 11.8 Å². The van der Waals surface area contributed by atoms with Crippen LogP contribution in [0.5, 0.6) is 0 Å². The maximum Gasteiger partial charge on any atom is 0.338 e. The van der Waals surface area contributed by atoms with Crippen LogP contribution in [-0.2, 0) is 19.0 Å². The number of ketones is 1. The lowest BCUT2D eigenvalue weighted by Crippen LogP contribution is -2.36. The smallest absolute Gasteiger partial charge is 0.338 e. The second-order valence-electron chi connectivity index (χ2n) is 6.53. The van der Waals surface area contributed by atoms with E-state index in [9.17, 15) is 9.59 Å². The fraction of sp³-hybridized carbons (Fsp3) is 0.304. The number of allylic oxidation sites excluding steroid dienone is 3. The number of hydrogen-bond donors (Lipinski definition) is 0. The zero-order valence-electron chi connectivity index (χ0n) is 16.6. The van der Waals surface area contributed by atoms with Crippen LogP contribution in [-0.4, -0.2) is 38.2 Å². The fourth-order valence-electron chi connectivity index (χ4n) is 2.93. The Kier molecular flexibility index (Phi) is 7.52. The van der Waals surface area contributed by atoms with Crippen molar-refractivity contribution in [3.05, 3.63) is 83.7 Å². The van der Waals surface area contributed by atoms with Crippen LogP contribution >= 0.6 is 0 Å². The van der Waals surface area contributed by atoms with E-state index in [1.807, 2.05) is 19.1 Å². The molecule has 2 rings (SSSR count). The van der Waals surface area contributed by atoms with E-state index in [1.165, 1.54) is 13.2 Å². The highest BCUT2D eigenvalue weighted by molar-refractivity contribution is 6.06. The molecule has 0 saturated carbocycles. The summed E-state index contributed by atoms with van der Waals surface area (Å²) < 4.78 is 16.5. The SMILES string of the molecule is C=CCC1=C[C@](C/C=C(/C)COC(=O)c2ccccc2)(OC)C(OC)=CC1=O. The average molecular weight is 382 g/mol. The van der Waals surface area contributed by atoms with Crippen LogP contribution in [0.2, 0.25) is 0 Å². The standard InChI is InChI=1S/C23H26O5/c1-5-9-19-15-23(27-4,21(26-3)14-20(19)24)13-12-17(2)16-28-22(25)18-10-7-6-8-11-18/h5-8,10-12,14-15H,1,9,13,16H2,2-4H3/b17-12-/t23-/m0/s1. The number of esters is 1. The number of methoxy groups -OCH3 is 2. The van der Waals surface area contributed by atoms with Gasteiger partial charge in [-0.25, -0.2) is 4.79 Å². The molecule has 1 aromatic carbocycles. The molecule has 0 bridgehead atoms. The highest BCUT2D eigenvalue weighted by atomic mass is 16.5. The third-order valence-corrected chi connectivity index (χ3v) is 4.55. The zero-order valence-corrected chi connectivity index (χ0v) is 16.6. The van der Waals surface area contributed by atoms with Crippen molar-refractivity contribution in [1.29, 1.82) is 0 Å². The Morgan fingerprint density at radius 1 is 1.21 bits per heavy atom. The number of benzene rings is 1. The lowest BCUT2D eigenvalue weighted by Gasteiger charge is -2.33. The van der Waals surface area contributed by atoms with Gasteiger partial charge in [-0.2, -0.15) is 0 Å². The molecular weight excluding hydrogens is 356 g/mol. The molecule has 1 aromatic rings. The average Bonchev–Trinajstić information content (AvgIpc) is 2.73. The minimum Gasteiger partial charge on any atom is -0.498 e. The van der Waals surface area contributed by atoms with Crippen LogP contribution in [0.4, 0.5) is 0 Å². The van der Waals surface area contributed by atoms with Gasteiger partial charge >= 0.3 is 5.97 Å². The van der Waals surface area contributed by atoms with Crippen molar-refractivity contribution in [1.82, 2.24) is 0 Å². The van der Waals surface area contributed by atoms with Crippen molar-refractivity contribution in [2.45, 2.75) is 25.4 Å². The summed E-state index contributed by atoms with van der Waals surface area (Å²) in [6.07, 6.45) is 7.74. The summed E-state index contributed by atoms with van der Waals surface area (Å²) in [5.41, 5.74) is 1.10. The van der Waals surface area contributed by atoms with E-state index < -0.39 is 5.60 Å². The Balaban J connectivity index is 2.11. The van der Waals surface area contributed by atoms with Crippen molar-refractivity contribution in [2.75, 3.05) is 20.8 Å². The molecule has 28 heavy (non-hydrogen) atoms. The monoisotopic (exact) mass is 382 g/mol. The molecule has 5 nitrogen and oxygen atoms in total. The third kappa shape index (κ3) is 5.08. The van der Waals surface area contributed by atoms with E-state index in [2.05, 4.69) is 6.58 Å². The first-order chi connectivity index (χ1) is 13.5. The van der Waals surface area contributed by atoms with Gasteiger partial charge in [0.2, 0.25) is 0 Å².